The number of hydrogen-bond acceptors (Lipinski definition) is 1. The molecule has 4 aliphatic carbocycles. The fourth-order valence-electron chi connectivity index (χ4n) is 8.31. The number of aliphatic hydroxyl groups excluding tert-OH is 1. The predicted molar refractivity (Wildman–Crippen MR) is 124 cm³/mol. The third kappa shape index (κ3) is 3.58. The highest BCUT2D eigenvalue weighted by atomic mass is 16.3. The Morgan fingerprint density at radius 1 is 1.00 bits per heavy atom. The Morgan fingerprint density at radius 2 is 1.76 bits per heavy atom. The van der Waals surface area contributed by atoms with E-state index in [0.717, 1.165) is 42.4 Å². The van der Waals surface area contributed by atoms with Crippen molar-refractivity contribution in [3.8, 4) is 0 Å². The van der Waals surface area contributed by atoms with Crippen molar-refractivity contribution < 1.29 is 5.11 Å². The van der Waals surface area contributed by atoms with Crippen molar-refractivity contribution in [3.05, 3.63) is 23.3 Å². The van der Waals surface area contributed by atoms with Gasteiger partial charge in [-0.3, -0.25) is 0 Å². The van der Waals surface area contributed by atoms with Crippen LogP contribution < -0.4 is 0 Å². The summed E-state index contributed by atoms with van der Waals surface area (Å²) in [5.41, 5.74) is 4.30. The van der Waals surface area contributed by atoms with Gasteiger partial charge in [-0.05, 0) is 111 Å². The largest absolute Gasteiger partial charge is 0.393 e. The SMILES string of the molecule is CC(C=C[C@H](C)C(C)C)=C1CC[C@H]2[C@@H]3CCC4CC(O)CC[C@]4(C)[C@H]3CC[C@]12C. The molecule has 0 aromatic carbocycles. The molecule has 1 N–H and O–H groups in total. The Balaban J connectivity index is 1.57. The fraction of sp³-hybridized carbons (Fsp3) is 0.857. The van der Waals surface area contributed by atoms with Gasteiger partial charge in [0.1, 0.15) is 0 Å². The van der Waals surface area contributed by atoms with Gasteiger partial charge >= 0.3 is 0 Å². The minimum atomic E-state index is -0.0258. The summed E-state index contributed by atoms with van der Waals surface area (Å²) in [5, 5.41) is 10.3. The van der Waals surface area contributed by atoms with Crippen LogP contribution in [0.15, 0.2) is 23.3 Å². The lowest BCUT2D eigenvalue weighted by atomic mass is 9.45. The molecule has 0 heterocycles. The molecule has 29 heavy (non-hydrogen) atoms. The second-order valence-electron chi connectivity index (χ2n) is 12.2. The van der Waals surface area contributed by atoms with Crippen molar-refractivity contribution in [1.29, 1.82) is 0 Å². The molecule has 1 heteroatoms. The van der Waals surface area contributed by atoms with Gasteiger partial charge < -0.3 is 5.11 Å². The first-order chi connectivity index (χ1) is 13.7. The van der Waals surface area contributed by atoms with Crippen molar-refractivity contribution in [1.82, 2.24) is 0 Å². The van der Waals surface area contributed by atoms with Crippen molar-refractivity contribution in [2.75, 3.05) is 0 Å². The van der Waals surface area contributed by atoms with E-state index in [9.17, 15) is 5.11 Å². The summed E-state index contributed by atoms with van der Waals surface area (Å²) in [4.78, 5) is 0. The third-order valence-electron chi connectivity index (χ3n) is 10.6. The van der Waals surface area contributed by atoms with E-state index in [1.807, 2.05) is 0 Å². The summed E-state index contributed by atoms with van der Waals surface area (Å²) in [6.45, 7) is 14.6. The zero-order valence-corrected chi connectivity index (χ0v) is 20.0. The molecule has 0 amide bonds. The molecule has 0 bridgehead atoms. The number of rotatable bonds is 3. The lowest BCUT2D eigenvalue weighted by molar-refractivity contribution is -0.116. The first-order valence-corrected chi connectivity index (χ1v) is 12.7. The van der Waals surface area contributed by atoms with Gasteiger partial charge in [0.05, 0.1) is 6.10 Å². The van der Waals surface area contributed by atoms with E-state index in [2.05, 4.69) is 53.7 Å². The molecule has 0 saturated heterocycles. The fourth-order valence-corrected chi connectivity index (χ4v) is 8.31. The van der Waals surface area contributed by atoms with Gasteiger partial charge in [0.15, 0.2) is 0 Å². The number of aliphatic hydroxyl groups is 1. The summed E-state index contributed by atoms with van der Waals surface area (Å²) < 4.78 is 0. The molecule has 2 unspecified atom stereocenters. The van der Waals surface area contributed by atoms with Crippen LogP contribution in [0.2, 0.25) is 0 Å². The predicted octanol–water partition coefficient (Wildman–Crippen LogP) is 7.55. The lowest BCUT2D eigenvalue weighted by Gasteiger charge is -2.60. The molecule has 0 aliphatic heterocycles. The van der Waals surface area contributed by atoms with Crippen molar-refractivity contribution in [2.45, 2.75) is 105 Å². The van der Waals surface area contributed by atoms with Gasteiger partial charge in [0.25, 0.3) is 0 Å². The lowest BCUT2D eigenvalue weighted by Crippen LogP contribution is -2.53. The molecular weight excluding hydrogens is 352 g/mol. The smallest absolute Gasteiger partial charge is 0.0543 e. The molecule has 0 radical (unpaired) electrons. The minimum Gasteiger partial charge on any atom is -0.393 e. The van der Waals surface area contributed by atoms with Gasteiger partial charge in [-0.2, -0.15) is 0 Å². The average molecular weight is 399 g/mol. The van der Waals surface area contributed by atoms with Crippen LogP contribution in [0.25, 0.3) is 0 Å². The summed E-state index contributed by atoms with van der Waals surface area (Å²) in [6, 6.07) is 0. The Hall–Kier alpha value is -0.560. The van der Waals surface area contributed by atoms with E-state index >= 15 is 0 Å². The molecule has 0 aromatic heterocycles. The van der Waals surface area contributed by atoms with Crippen LogP contribution in [0.5, 0.6) is 0 Å². The average Bonchev–Trinajstić information content (AvgIpc) is 3.03. The first-order valence-electron chi connectivity index (χ1n) is 12.7. The number of allylic oxidation sites excluding steroid dienone is 4. The van der Waals surface area contributed by atoms with Crippen LogP contribution in [0.3, 0.4) is 0 Å². The Morgan fingerprint density at radius 3 is 2.48 bits per heavy atom. The quantitative estimate of drug-likeness (QED) is 0.520. The monoisotopic (exact) mass is 398 g/mol. The maximum atomic E-state index is 10.3. The van der Waals surface area contributed by atoms with Crippen LogP contribution in [-0.2, 0) is 0 Å². The highest BCUT2D eigenvalue weighted by Gasteiger charge is 2.59. The third-order valence-corrected chi connectivity index (χ3v) is 10.6. The summed E-state index contributed by atoms with van der Waals surface area (Å²) in [7, 11) is 0. The molecule has 164 valence electrons. The van der Waals surface area contributed by atoms with Gasteiger partial charge in [-0.25, -0.2) is 0 Å². The second kappa shape index (κ2) is 7.85. The molecule has 0 spiro atoms. The van der Waals surface area contributed by atoms with Crippen molar-refractivity contribution in [2.24, 2.45) is 46.3 Å². The zero-order valence-electron chi connectivity index (χ0n) is 20.0. The zero-order chi connectivity index (χ0) is 21.0. The van der Waals surface area contributed by atoms with E-state index in [-0.39, 0.29) is 6.10 Å². The summed E-state index contributed by atoms with van der Waals surface area (Å²) in [5.74, 6) is 4.87. The maximum Gasteiger partial charge on any atom is 0.0543 e. The van der Waals surface area contributed by atoms with E-state index in [4.69, 9.17) is 0 Å². The van der Waals surface area contributed by atoms with Crippen LogP contribution >= 0.6 is 0 Å². The molecule has 4 saturated carbocycles. The van der Waals surface area contributed by atoms with E-state index in [0.29, 0.717) is 16.7 Å². The van der Waals surface area contributed by atoms with E-state index in [1.165, 1.54) is 44.9 Å². The van der Waals surface area contributed by atoms with Gasteiger partial charge in [0, 0.05) is 0 Å². The second-order valence-corrected chi connectivity index (χ2v) is 12.2. The van der Waals surface area contributed by atoms with Gasteiger partial charge in [0.2, 0.25) is 0 Å². The van der Waals surface area contributed by atoms with Gasteiger partial charge in [-0.1, -0.05) is 57.9 Å². The first kappa shape index (κ1) is 21.7. The molecule has 4 fully saturated rings. The topological polar surface area (TPSA) is 20.2 Å². The van der Waals surface area contributed by atoms with Crippen LogP contribution in [0.4, 0.5) is 0 Å². The standard InChI is InChI=1S/C28H46O/c1-18(2)19(3)7-8-20(4)24-11-12-25-23-10-9-21-17-22(29)13-15-27(21,5)26(23)14-16-28(24,25)6/h7-8,18-19,21-23,25-26,29H,9-17H2,1-6H3/t19-,21?,22?,23-,25-,26-,27-,28+/m0/s1. The Bertz CT molecular complexity index is 672. The molecule has 1 nitrogen and oxygen atoms in total. The minimum absolute atomic E-state index is 0.0258. The van der Waals surface area contributed by atoms with E-state index in [1.54, 1.807) is 11.1 Å². The highest BCUT2D eigenvalue weighted by Crippen LogP contribution is 2.67. The highest BCUT2D eigenvalue weighted by molar-refractivity contribution is 5.34. The normalized spacial score (nSPS) is 47.7. The van der Waals surface area contributed by atoms with Crippen molar-refractivity contribution in [3.63, 3.8) is 0 Å². The van der Waals surface area contributed by atoms with Gasteiger partial charge in [-0.15, -0.1) is 0 Å². The summed E-state index contributed by atoms with van der Waals surface area (Å²) in [6.07, 6.45) is 16.6. The van der Waals surface area contributed by atoms with Crippen LogP contribution in [0.1, 0.15) is 99.3 Å². The number of hydrogen-bond donors (Lipinski definition) is 1. The molecular formula is C28H46O. The molecule has 4 aliphatic rings. The van der Waals surface area contributed by atoms with E-state index < -0.39 is 0 Å². The van der Waals surface area contributed by atoms with Crippen LogP contribution in [-0.4, -0.2) is 11.2 Å². The van der Waals surface area contributed by atoms with Crippen molar-refractivity contribution >= 4 is 0 Å². The Kier molecular flexibility index (Phi) is 5.86. The summed E-state index contributed by atoms with van der Waals surface area (Å²) >= 11 is 0. The van der Waals surface area contributed by atoms with Crippen LogP contribution in [0, 0.1) is 46.3 Å². The number of fused-ring (bicyclic) bond motifs is 5. The molecule has 8 atom stereocenters. The maximum absolute atomic E-state index is 10.3. The molecule has 4 rings (SSSR count). The Labute approximate surface area is 180 Å². The molecule has 0 aromatic rings.